The van der Waals surface area contributed by atoms with E-state index < -0.39 is 18.2 Å². The molecule has 41 heavy (non-hydrogen) atoms. The highest BCUT2D eigenvalue weighted by atomic mass is 16.3. The summed E-state index contributed by atoms with van der Waals surface area (Å²) in [6, 6.07) is -0.768. The fourth-order valence-corrected chi connectivity index (χ4v) is 4.66. The molecule has 3 atom stereocenters. The molecule has 0 bridgehead atoms. The lowest BCUT2D eigenvalue weighted by Gasteiger charge is -2.20. The highest BCUT2D eigenvalue weighted by Gasteiger charge is 2.20. The SMILES string of the molecule is CCCCC/C=C/CC/C=C/CC/C=C/C(O)C(CO)NC(=O)CC(O)CCCCCCC/C=C\CCCCCC. The molecule has 0 spiro atoms. The fourth-order valence-electron chi connectivity index (χ4n) is 4.66. The standard InChI is InChI=1S/C36H65NO4/c1-3-5-7-9-11-13-15-17-19-21-23-25-27-29-33(39)31-36(41)37-34(32-38)35(40)30-28-26-24-22-20-18-16-14-12-10-8-6-4-2/h12-15,20,22,28,30,33-35,38-40H,3-11,16-19,21,23-27,29,31-32H2,1-2H3,(H,37,41)/b14-12+,15-13-,22-20+,30-28+. The van der Waals surface area contributed by atoms with Crippen LogP contribution in [0.4, 0.5) is 0 Å². The van der Waals surface area contributed by atoms with Crippen molar-refractivity contribution in [3.8, 4) is 0 Å². The van der Waals surface area contributed by atoms with E-state index >= 15 is 0 Å². The smallest absolute Gasteiger partial charge is 0.222 e. The molecule has 4 N–H and O–H groups in total. The first-order valence-corrected chi connectivity index (χ1v) is 16.9. The van der Waals surface area contributed by atoms with Crippen molar-refractivity contribution in [3.05, 3.63) is 48.6 Å². The minimum atomic E-state index is -0.959. The van der Waals surface area contributed by atoms with Crippen LogP contribution in [-0.2, 0) is 4.79 Å². The van der Waals surface area contributed by atoms with Gasteiger partial charge >= 0.3 is 0 Å². The molecule has 0 fully saturated rings. The Morgan fingerprint density at radius 3 is 1.61 bits per heavy atom. The number of hydrogen-bond donors (Lipinski definition) is 4. The number of nitrogens with one attached hydrogen (secondary N) is 1. The summed E-state index contributed by atoms with van der Waals surface area (Å²) in [7, 11) is 0. The summed E-state index contributed by atoms with van der Waals surface area (Å²) in [5.74, 6) is -0.340. The van der Waals surface area contributed by atoms with Gasteiger partial charge in [0.1, 0.15) is 0 Å². The van der Waals surface area contributed by atoms with Crippen LogP contribution in [0.25, 0.3) is 0 Å². The zero-order valence-corrected chi connectivity index (χ0v) is 26.7. The molecule has 5 heteroatoms. The van der Waals surface area contributed by atoms with Gasteiger partial charge in [0, 0.05) is 0 Å². The molecule has 0 saturated heterocycles. The monoisotopic (exact) mass is 575 g/mol. The quantitative estimate of drug-likeness (QED) is 0.0531. The number of rotatable bonds is 29. The molecule has 0 aliphatic heterocycles. The third-order valence-electron chi connectivity index (χ3n) is 7.32. The van der Waals surface area contributed by atoms with Gasteiger partial charge in [0.2, 0.25) is 5.91 Å². The Morgan fingerprint density at radius 2 is 1.05 bits per heavy atom. The van der Waals surface area contributed by atoms with Crippen molar-refractivity contribution in [2.45, 2.75) is 167 Å². The van der Waals surface area contributed by atoms with Crippen LogP contribution in [0.1, 0.15) is 149 Å². The summed E-state index contributed by atoms with van der Waals surface area (Å²) in [5, 5.41) is 32.9. The van der Waals surface area contributed by atoms with E-state index in [9.17, 15) is 20.1 Å². The van der Waals surface area contributed by atoms with Crippen molar-refractivity contribution in [2.24, 2.45) is 0 Å². The van der Waals surface area contributed by atoms with E-state index in [-0.39, 0.29) is 18.9 Å². The zero-order chi connectivity index (χ0) is 30.2. The lowest BCUT2D eigenvalue weighted by Crippen LogP contribution is -2.45. The summed E-state index contributed by atoms with van der Waals surface area (Å²) >= 11 is 0. The predicted octanol–water partition coefficient (Wildman–Crippen LogP) is 8.64. The number of unbranched alkanes of at least 4 members (excludes halogenated alkanes) is 14. The van der Waals surface area contributed by atoms with Crippen LogP contribution in [0.2, 0.25) is 0 Å². The Kier molecular flexibility index (Phi) is 30.0. The summed E-state index contributed by atoms with van der Waals surface area (Å²) < 4.78 is 0. The maximum Gasteiger partial charge on any atom is 0.222 e. The molecule has 0 aromatic rings. The zero-order valence-electron chi connectivity index (χ0n) is 26.7. The lowest BCUT2D eigenvalue weighted by atomic mass is 10.0. The number of carbonyl (C=O) groups excluding carboxylic acids is 1. The van der Waals surface area contributed by atoms with Crippen molar-refractivity contribution < 1.29 is 20.1 Å². The van der Waals surface area contributed by atoms with Gasteiger partial charge in [0.05, 0.1) is 31.3 Å². The van der Waals surface area contributed by atoms with E-state index in [1.807, 2.05) is 6.08 Å². The topological polar surface area (TPSA) is 89.8 Å². The van der Waals surface area contributed by atoms with Crippen LogP contribution >= 0.6 is 0 Å². The highest BCUT2D eigenvalue weighted by molar-refractivity contribution is 5.76. The van der Waals surface area contributed by atoms with E-state index in [0.717, 1.165) is 51.4 Å². The van der Waals surface area contributed by atoms with Gasteiger partial charge < -0.3 is 20.6 Å². The lowest BCUT2D eigenvalue weighted by molar-refractivity contribution is -0.124. The van der Waals surface area contributed by atoms with Gasteiger partial charge in [0.15, 0.2) is 0 Å². The molecular formula is C36H65NO4. The molecule has 0 heterocycles. The molecule has 3 unspecified atom stereocenters. The van der Waals surface area contributed by atoms with E-state index in [4.69, 9.17) is 0 Å². The molecule has 0 rings (SSSR count). The second-order valence-electron chi connectivity index (χ2n) is 11.4. The van der Waals surface area contributed by atoms with Gasteiger partial charge in [0.25, 0.3) is 0 Å². The molecule has 0 aliphatic rings. The number of hydrogen-bond acceptors (Lipinski definition) is 4. The van der Waals surface area contributed by atoms with E-state index in [1.54, 1.807) is 6.08 Å². The van der Waals surface area contributed by atoms with Gasteiger partial charge in [-0.25, -0.2) is 0 Å². The van der Waals surface area contributed by atoms with E-state index in [1.165, 1.54) is 70.6 Å². The normalized spacial score (nSPS) is 14.6. The number of aliphatic hydroxyl groups is 3. The average molecular weight is 576 g/mol. The van der Waals surface area contributed by atoms with Crippen LogP contribution in [0.5, 0.6) is 0 Å². The molecule has 0 aliphatic carbocycles. The van der Waals surface area contributed by atoms with Crippen LogP contribution in [0, 0.1) is 0 Å². The second-order valence-corrected chi connectivity index (χ2v) is 11.4. The second kappa shape index (κ2) is 31.3. The first kappa shape index (κ1) is 39.3. The molecule has 1 amide bonds. The number of allylic oxidation sites excluding steroid dienone is 7. The maximum atomic E-state index is 12.3. The number of amides is 1. The largest absolute Gasteiger partial charge is 0.394 e. The number of carbonyl (C=O) groups is 1. The molecule has 0 saturated carbocycles. The van der Waals surface area contributed by atoms with Crippen LogP contribution in [0.15, 0.2) is 48.6 Å². The Morgan fingerprint density at radius 1 is 0.610 bits per heavy atom. The fraction of sp³-hybridized carbons (Fsp3) is 0.750. The summed E-state index contributed by atoms with van der Waals surface area (Å²) in [6.45, 7) is 4.11. The van der Waals surface area contributed by atoms with E-state index in [2.05, 4.69) is 55.6 Å². The number of aliphatic hydroxyl groups excluding tert-OH is 3. The Labute approximate surface area is 253 Å². The Hall–Kier alpha value is -1.69. The Balaban J connectivity index is 3.88. The van der Waals surface area contributed by atoms with Crippen molar-refractivity contribution >= 4 is 5.91 Å². The minimum absolute atomic E-state index is 0.00525. The summed E-state index contributed by atoms with van der Waals surface area (Å²) in [4.78, 5) is 12.3. The van der Waals surface area contributed by atoms with Gasteiger partial charge in [-0.05, 0) is 70.6 Å². The molecule has 238 valence electrons. The van der Waals surface area contributed by atoms with Crippen LogP contribution in [0.3, 0.4) is 0 Å². The molecular weight excluding hydrogens is 510 g/mol. The maximum absolute atomic E-state index is 12.3. The van der Waals surface area contributed by atoms with Crippen molar-refractivity contribution in [1.82, 2.24) is 5.32 Å². The van der Waals surface area contributed by atoms with Crippen LogP contribution < -0.4 is 5.32 Å². The third kappa shape index (κ3) is 28.2. The molecule has 5 nitrogen and oxygen atoms in total. The predicted molar refractivity (Wildman–Crippen MR) is 176 cm³/mol. The van der Waals surface area contributed by atoms with Gasteiger partial charge in [-0.3, -0.25) is 4.79 Å². The highest BCUT2D eigenvalue weighted by Crippen LogP contribution is 2.12. The van der Waals surface area contributed by atoms with Gasteiger partial charge in [-0.1, -0.05) is 120 Å². The summed E-state index contributed by atoms with van der Waals surface area (Å²) in [5.41, 5.74) is 0. The van der Waals surface area contributed by atoms with Gasteiger partial charge in [-0.2, -0.15) is 0 Å². The van der Waals surface area contributed by atoms with Crippen molar-refractivity contribution in [3.63, 3.8) is 0 Å². The van der Waals surface area contributed by atoms with Crippen molar-refractivity contribution in [1.29, 1.82) is 0 Å². The van der Waals surface area contributed by atoms with Crippen LogP contribution in [-0.4, -0.2) is 46.1 Å². The van der Waals surface area contributed by atoms with Gasteiger partial charge in [-0.15, -0.1) is 0 Å². The minimum Gasteiger partial charge on any atom is -0.394 e. The molecule has 0 aromatic heterocycles. The third-order valence-corrected chi connectivity index (χ3v) is 7.32. The Bertz CT molecular complexity index is 685. The van der Waals surface area contributed by atoms with E-state index in [0.29, 0.717) is 6.42 Å². The first-order valence-electron chi connectivity index (χ1n) is 16.9. The summed E-state index contributed by atoms with van der Waals surface area (Å²) in [6.07, 6.45) is 38.0. The molecule has 0 radical (unpaired) electrons. The first-order chi connectivity index (χ1) is 20.0. The van der Waals surface area contributed by atoms with Crippen molar-refractivity contribution in [2.75, 3.05) is 6.61 Å². The average Bonchev–Trinajstić information content (AvgIpc) is 2.96. The molecule has 0 aromatic carbocycles.